The summed E-state index contributed by atoms with van der Waals surface area (Å²) in [5.74, 6) is -2.23. The number of benzene rings is 2. The molecule has 2 N–H and O–H groups in total. The zero-order valence-corrected chi connectivity index (χ0v) is 17.7. The zero-order chi connectivity index (χ0) is 24.0. The molecule has 0 saturated carbocycles. The quantitative estimate of drug-likeness (QED) is 0.302. The van der Waals surface area contributed by atoms with Gasteiger partial charge in [-0.05, 0) is 27.7 Å². The maximum atomic E-state index is 11.9. The van der Waals surface area contributed by atoms with Crippen LogP contribution in [0.3, 0.4) is 0 Å². The first-order valence-electron chi connectivity index (χ1n) is 9.21. The van der Waals surface area contributed by atoms with Gasteiger partial charge in [-0.3, -0.25) is 29.8 Å². The molecule has 0 radical (unpaired) electrons. The van der Waals surface area contributed by atoms with E-state index in [2.05, 4.69) is 10.2 Å². The summed E-state index contributed by atoms with van der Waals surface area (Å²) in [6.07, 6.45) is 0. The van der Waals surface area contributed by atoms with E-state index in [9.17, 15) is 29.8 Å². The number of nitrogens with one attached hydrogen (secondary N) is 2. The zero-order valence-electron chi connectivity index (χ0n) is 17.7. The number of hydrazone groups is 2. The lowest BCUT2D eigenvalue weighted by atomic mass is 10.1. The normalized spacial score (nSPS) is 11.6. The van der Waals surface area contributed by atoms with Crippen molar-refractivity contribution in [3.05, 3.63) is 78.9 Å². The van der Waals surface area contributed by atoms with Crippen LogP contribution in [0.25, 0.3) is 0 Å². The van der Waals surface area contributed by atoms with Gasteiger partial charge in [-0.15, -0.1) is 0 Å². The fourth-order valence-corrected chi connectivity index (χ4v) is 2.56. The maximum Gasteiger partial charge on any atom is 0.331 e. The van der Waals surface area contributed by atoms with Crippen molar-refractivity contribution in [3.8, 4) is 0 Å². The number of carbonyl (C=O) groups is 2. The Labute approximate surface area is 182 Å². The Hall–Kier alpha value is -4.48. The number of rotatable bonds is 6. The van der Waals surface area contributed by atoms with Crippen molar-refractivity contribution < 1.29 is 19.4 Å². The van der Waals surface area contributed by atoms with Gasteiger partial charge in [-0.1, -0.05) is 24.3 Å². The van der Waals surface area contributed by atoms with E-state index in [1.165, 1.54) is 26.0 Å². The lowest BCUT2D eigenvalue weighted by Crippen LogP contribution is -2.36. The summed E-state index contributed by atoms with van der Waals surface area (Å²) in [4.78, 5) is 44.9. The monoisotopic (exact) mass is 440 g/mol. The van der Waals surface area contributed by atoms with Gasteiger partial charge in [0.1, 0.15) is 0 Å². The van der Waals surface area contributed by atoms with Crippen LogP contribution in [0.15, 0.2) is 46.6 Å². The average Bonchev–Trinajstić information content (AvgIpc) is 2.75. The van der Waals surface area contributed by atoms with E-state index in [1.807, 2.05) is 10.9 Å². The summed E-state index contributed by atoms with van der Waals surface area (Å²) in [5.41, 5.74) is 6.16. The minimum Gasteiger partial charge on any atom is -0.262 e. The van der Waals surface area contributed by atoms with Crippen LogP contribution in [0.2, 0.25) is 0 Å². The van der Waals surface area contributed by atoms with Crippen molar-refractivity contribution in [1.29, 1.82) is 0 Å². The van der Waals surface area contributed by atoms with E-state index in [0.29, 0.717) is 22.3 Å². The molecule has 0 aliphatic heterocycles. The fourth-order valence-electron chi connectivity index (χ4n) is 2.56. The van der Waals surface area contributed by atoms with E-state index in [1.54, 1.807) is 38.1 Å². The van der Waals surface area contributed by atoms with Gasteiger partial charge in [0, 0.05) is 34.4 Å². The molecule has 0 saturated heterocycles. The standard InChI is InChI=1S/C20H20N6O6/c1-11-5-7-15(9-17(11)25(29)30)13(3)21-23-19(27)20(28)24-22-14(4)16-8-6-12(2)18(10-16)26(31)32/h5-10H,1-4H3,(H,23,27)(H,24,28). The summed E-state index contributed by atoms with van der Waals surface area (Å²) in [6.45, 7) is 6.22. The third-order valence-electron chi connectivity index (χ3n) is 4.50. The number of carbonyl (C=O) groups excluding carboxylic acids is 2. The van der Waals surface area contributed by atoms with Crippen LogP contribution in [-0.4, -0.2) is 33.1 Å². The third kappa shape index (κ3) is 5.78. The van der Waals surface area contributed by atoms with Crippen molar-refractivity contribution >= 4 is 34.6 Å². The van der Waals surface area contributed by atoms with Gasteiger partial charge in [0.05, 0.1) is 21.3 Å². The van der Waals surface area contributed by atoms with Gasteiger partial charge in [-0.25, -0.2) is 10.9 Å². The van der Waals surface area contributed by atoms with Gasteiger partial charge in [0.2, 0.25) is 0 Å². The number of amides is 2. The molecule has 0 aliphatic carbocycles. The molecule has 0 heterocycles. The molecule has 32 heavy (non-hydrogen) atoms. The summed E-state index contributed by atoms with van der Waals surface area (Å²) in [5, 5.41) is 29.7. The molecule has 0 unspecified atom stereocenters. The molecule has 0 bridgehead atoms. The highest BCUT2D eigenvalue weighted by atomic mass is 16.6. The van der Waals surface area contributed by atoms with Gasteiger partial charge in [0.25, 0.3) is 11.4 Å². The number of aryl methyl sites for hydroxylation is 2. The second-order valence-electron chi connectivity index (χ2n) is 6.79. The van der Waals surface area contributed by atoms with Crippen LogP contribution >= 0.6 is 0 Å². The molecule has 0 atom stereocenters. The molecule has 12 nitrogen and oxygen atoms in total. The van der Waals surface area contributed by atoms with Crippen molar-refractivity contribution in [2.45, 2.75) is 27.7 Å². The summed E-state index contributed by atoms with van der Waals surface area (Å²) in [6, 6.07) is 8.93. The maximum absolute atomic E-state index is 11.9. The van der Waals surface area contributed by atoms with Crippen molar-refractivity contribution in [2.75, 3.05) is 0 Å². The second-order valence-corrected chi connectivity index (χ2v) is 6.79. The van der Waals surface area contributed by atoms with Crippen LogP contribution in [-0.2, 0) is 9.59 Å². The molecule has 2 rings (SSSR count). The SMILES string of the molecule is CC(=NNC(=O)C(=O)NN=C(C)c1ccc(C)c([N+](=O)[O-])c1)c1ccc(C)c([N+](=O)[O-])c1. The second kappa shape index (κ2) is 10.0. The Balaban J connectivity index is 2.06. The lowest BCUT2D eigenvalue weighted by molar-refractivity contribution is -0.385. The first kappa shape index (κ1) is 23.8. The molecule has 0 spiro atoms. The molecule has 0 aromatic heterocycles. The van der Waals surface area contributed by atoms with Gasteiger partial charge in [-0.2, -0.15) is 10.2 Å². The number of hydrogen-bond donors (Lipinski definition) is 2. The van der Waals surface area contributed by atoms with E-state index in [4.69, 9.17) is 0 Å². The lowest BCUT2D eigenvalue weighted by Gasteiger charge is -2.05. The summed E-state index contributed by atoms with van der Waals surface area (Å²) < 4.78 is 0. The Bertz CT molecular complexity index is 1080. The molecule has 166 valence electrons. The highest BCUT2D eigenvalue weighted by Gasteiger charge is 2.16. The molecular formula is C20H20N6O6. The predicted octanol–water partition coefficient (Wildman–Crippen LogP) is 2.50. The van der Waals surface area contributed by atoms with Gasteiger partial charge in [0.15, 0.2) is 0 Å². The first-order chi connectivity index (χ1) is 15.0. The molecule has 0 aliphatic rings. The number of nitro benzene ring substituents is 2. The van der Waals surface area contributed by atoms with Crippen LogP contribution in [0, 0.1) is 34.1 Å². The first-order valence-corrected chi connectivity index (χ1v) is 9.21. The minimum atomic E-state index is -1.11. The van der Waals surface area contributed by atoms with Crippen molar-refractivity contribution in [2.24, 2.45) is 10.2 Å². The highest BCUT2D eigenvalue weighted by molar-refractivity contribution is 6.35. The van der Waals surface area contributed by atoms with E-state index < -0.39 is 21.7 Å². The smallest absolute Gasteiger partial charge is 0.262 e. The molecule has 0 fully saturated rings. The van der Waals surface area contributed by atoms with E-state index in [-0.39, 0.29) is 22.8 Å². The Kier molecular flexibility index (Phi) is 7.45. The van der Waals surface area contributed by atoms with E-state index >= 15 is 0 Å². The van der Waals surface area contributed by atoms with Crippen LogP contribution < -0.4 is 10.9 Å². The molecule has 12 heteroatoms. The number of nitrogens with zero attached hydrogens (tertiary/aromatic N) is 4. The van der Waals surface area contributed by atoms with Crippen LogP contribution in [0.4, 0.5) is 11.4 Å². The average molecular weight is 440 g/mol. The number of hydrogen-bond acceptors (Lipinski definition) is 8. The molecule has 2 amide bonds. The predicted molar refractivity (Wildman–Crippen MR) is 116 cm³/mol. The molecular weight excluding hydrogens is 420 g/mol. The Morgan fingerprint density at radius 3 is 1.41 bits per heavy atom. The van der Waals surface area contributed by atoms with Crippen molar-refractivity contribution in [1.82, 2.24) is 10.9 Å². The summed E-state index contributed by atoms with van der Waals surface area (Å²) >= 11 is 0. The van der Waals surface area contributed by atoms with Crippen LogP contribution in [0.5, 0.6) is 0 Å². The minimum absolute atomic E-state index is 0.0951. The largest absolute Gasteiger partial charge is 0.331 e. The highest BCUT2D eigenvalue weighted by Crippen LogP contribution is 2.20. The van der Waals surface area contributed by atoms with Gasteiger partial charge < -0.3 is 0 Å². The number of nitro groups is 2. The topological polar surface area (TPSA) is 169 Å². The van der Waals surface area contributed by atoms with E-state index in [0.717, 1.165) is 0 Å². The molecule has 2 aromatic rings. The Morgan fingerprint density at radius 2 is 1.09 bits per heavy atom. The van der Waals surface area contributed by atoms with Crippen LogP contribution in [0.1, 0.15) is 36.1 Å². The molecule has 2 aromatic carbocycles. The third-order valence-corrected chi connectivity index (χ3v) is 4.50. The Morgan fingerprint density at radius 1 is 0.750 bits per heavy atom. The van der Waals surface area contributed by atoms with Gasteiger partial charge >= 0.3 is 11.8 Å². The fraction of sp³-hybridized carbons (Fsp3) is 0.200. The van der Waals surface area contributed by atoms with Crippen molar-refractivity contribution in [3.63, 3.8) is 0 Å². The summed E-state index contributed by atoms with van der Waals surface area (Å²) in [7, 11) is 0.